The number of aliphatic carboxylic acids is 2. The zero-order valence-electron chi connectivity index (χ0n) is 19.7. The number of carboxylic acids is 2. The van der Waals surface area contributed by atoms with E-state index in [4.69, 9.17) is 19.8 Å². The highest BCUT2D eigenvalue weighted by Crippen LogP contribution is 2.41. The Morgan fingerprint density at radius 1 is 1.00 bits per heavy atom. The lowest BCUT2D eigenvalue weighted by atomic mass is 9.78. The van der Waals surface area contributed by atoms with Gasteiger partial charge in [0.05, 0.1) is 12.0 Å². The SMILES string of the molecule is O=C(O)C(F)(F)F.O=C(O)C(F)(F)F.O=C1N(Cc2cccnc2)CCC12CCCN(Cc1nccs1)C2. The first kappa shape index (κ1) is 31.0. The maximum atomic E-state index is 13.1. The number of hydrogen-bond donors (Lipinski definition) is 2. The van der Waals surface area contributed by atoms with E-state index in [0.29, 0.717) is 12.5 Å². The third-order valence-electron chi connectivity index (χ3n) is 5.68. The molecule has 0 radical (unpaired) electrons. The topological polar surface area (TPSA) is 124 Å². The van der Waals surface area contributed by atoms with Crippen molar-refractivity contribution < 1.29 is 50.9 Å². The molecule has 2 aliphatic rings. The molecule has 2 fully saturated rings. The molecule has 4 heterocycles. The van der Waals surface area contributed by atoms with Gasteiger partial charge in [0.2, 0.25) is 5.91 Å². The molecule has 2 aromatic rings. The number of carboxylic acid groups (broad SMARTS) is 2. The summed E-state index contributed by atoms with van der Waals surface area (Å²) in [5.74, 6) is -5.19. The van der Waals surface area contributed by atoms with Gasteiger partial charge in [-0.1, -0.05) is 6.07 Å². The molecule has 1 spiro atoms. The Labute approximate surface area is 216 Å². The minimum atomic E-state index is -5.08. The molecule has 210 valence electrons. The standard InChI is InChI=1S/C18H22N4OS.2C2HF3O2/c23-17-18(5-9-22(17)12-15-3-1-6-19-11-15)4-2-8-21(14-18)13-16-20-7-10-24-16;2*3-2(4,5)1(6)7/h1,3,6-7,10-11H,2,4-5,8-9,12-14H2;2*(H,6,7). The number of rotatable bonds is 4. The minimum Gasteiger partial charge on any atom is -0.475 e. The predicted octanol–water partition coefficient (Wildman–Crippen LogP) is 3.82. The summed E-state index contributed by atoms with van der Waals surface area (Å²) >= 11 is 1.70. The van der Waals surface area contributed by atoms with Crippen molar-refractivity contribution in [2.45, 2.75) is 44.7 Å². The Morgan fingerprint density at radius 3 is 2.13 bits per heavy atom. The summed E-state index contributed by atoms with van der Waals surface area (Å²) in [6.07, 6.45) is -1.60. The van der Waals surface area contributed by atoms with E-state index in [2.05, 4.69) is 14.9 Å². The summed E-state index contributed by atoms with van der Waals surface area (Å²) in [4.78, 5) is 43.9. The van der Waals surface area contributed by atoms with Gasteiger partial charge in [-0.2, -0.15) is 26.3 Å². The zero-order valence-corrected chi connectivity index (χ0v) is 20.5. The molecule has 1 atom stereocenters. The fraction of sp³-hybridized carbons (Fsp3) is 0.500. The average Bonchev–Trinajstić information content (AvgIpc) is 3.44. The van der Waals surface area contributed by atoms with Crippen molar-refractivity contribution in [3.63, 3.8) is 0 Å². The van der Waals surface area contributed by atoms with Gasteiger partial charge in [-0.15, -0.1) is 11.3 Å². The molecular weight excluding hydrogens is 546 g/mol. The fourth-order valence-corrected chi connectivity index (χ4v) is 4.68. The first-order valence-electron chi connectivity index (χ1n) is 11.0. The molecule has 16 heteroatoms. The third-order valence-corrected chi connectivity index (χ3v) is 6.45. The van der Waals surface area contributed by atoms with Crippen molar-refractivity contribution in [2.75, 3.05) is 19.6 Å². The molecule has 2 N–H and O–H groups in total. The van der Waals surface area contributed by atoms with Gasteiger partial charge in [-0.05, 0) is 37.4 Å². The van der Waals surface area contributed by atoms with Crippen LogP contribution >= 0.6 is 11.3 Å². The second-order valence-corrected chi connectivity index (χ2v) is 9.44. The molecule has 2 aliphatic heterocycles. The number of pyridine rings is 1. The molecule has 2 saturated heterocycles. The summed E-state index contributed by atoms with van der Waals surface area (Å²) in [5.41, 5.74) is 0.927. The van der Waals surface area contributed by atoms with E-state index in [1.807, 2.05) is 34.8 Å². The quantitative estimate of drug-likeness (QED) is 0.532. The van der Waals surface area contributed by atoms with Crippen LogP contribution in [0.1, 0.15) is 29.8 Å². The number of amides is 1. The number of aromatic nitrogens is 2. The average molecular weight is 571 g/mol. The fourth-order valence-electron chi connectivity index (χ4n) is 4.02. The number of likely N-dealkylation sites (tertiary alicyclic amines) is 2. The van der Waals surface area contributed by atoms with Gasteiger partial charge < -0.3 is 15.1 Å². The normalized spacial score (nSPS) is 19.8. The highest BCUT2D eigenvalue weighted by molar-refractivity contribution is 7.09. The van der Waals surface area contributed by atoms with Gasteiger partial charge >= 0.3 is 24.3 Å². The number of halogens is 6. The third kappa shape index (κ3) is 9.24. The summed E-state index contributed by atoms with van der Waals surface area (Å²) in [6.45, 7) is 4.35. The molecule has 4 rings (SSSR count). The van der Waals surface area contributed by atoms with Crippen LogP contribution in [-0.2, 0) is 27.5 Å². The highest BCUT2D eigenvalue weighted by Gasteiger charge is 2.48. The lowest BCUT2D eigenvalue weighted by Gasteiger charge is -2.38. The molecule has 0 saturated carbocycles. The maximum Gasteiger partial charge on any atom is 0.490 e. The van der Waals surface area contributed by atoms with Crippen molar-refractivity contribution in [1.29, 1.82) is 0 Å². The van der Waals surface area contributed by atoms with Crippen molar-refractivity contribution in [3.05, 3.63) is 46.7 Å². The van der Waals surface area contributed by atoms with Crippen LogP contribution in [0.25, 0.3) is 0 Å². The van der Waals surface area contributed by atoms with E-state index in [0.717, 1.165) is 56.0 Å². The molecular formula is C22H24F6N4O5S. The largest absolute Gasteiger partial charge is 0.490 e. The number of nitrogens with zero attached hydrogens (tertiary/aromatic N) is 4. The van der Waals surface area contributed by atoms with Gasteiger partial charge in [-0.3, -0.25) is 14.7 Å². The van der Waals surface area contributed by atoms with Crippen LogP contribution in [0, 0.1) is 5.41 Å². The van der Waals surface area contributed by atoms with Crippen LogP contribution in [0.2, 0.25) is 0 Å². The first-order chi connectivity index (χ1) is 17.6. The van der Waals surface area contributed by atoms with Crippen molar-refractivity contribution in [2.24, 2.45) is 5.41 Å². The van der Waals surface area contributed by atoms with Gasteiger partial charge in [0, 0.05) is 43.6 Å². The number of alkyl halides is 6. The van der Waals surface area contributed by atoms with Crippen LogP contribution < -0.4 is 0 Å². The lowest BCUT2D eigenvalue weighted by molar-refractivity contribution is -0.193. The molecule has 0 bridgehead atoms. The van der Waals surface area contributed by atoms with Crippen molar-refractivity contribution in [1.82, 2.24) is 19.8 Å². The Hall–Kier alpha value is -3.27. The molecule has 1 amide bonds. The second kappa shape index (κ2) is 13.0. The first-order valence-corrected chi connectivity index (χ1v) is 11.9. The molecule has 2 aromatic heterocycles. The van der Waals surface area contributed by atoms with Crippen LogP contribution in [0.4, 0.5) is 26.3 Å². The maximum absolute atomic E-state index is 13.1. The van der Waals surface area contributed by atoms with Crippen LogP contribution in [0.3, 0.4) is 0 Å². The van der Waals surface area contributed by atoms with E-state index in [1.165, 1.54) is 0 Å². The number of carbonyl (C=O) groups is 3. The van der Waals surface area contributed by atoms with Crippen molar-refractivity contribution in [3.8, 4) is 0 Å². The number of hydrogen-bond acceptors (Lipinski definition) is 7. The van der Waals surface area contributed by atoms with Crippen LogP contribution in [-0.4, -0.2) is 79.8 Å². The zero-order chi connectivity index (χ0) is 28.6. The minimum absolute atomic E-state index is 0.183. The monoisotopic (exact) mass is 570 g/mol. The van der Waals surface area contributed by atoms with E-state index in [9.17, 15) is 31.1 Å². The number of carbonyl (C=O) groups excluding carboxylic acids is 1. The smallest absolute Gasteiger partial charge is 0.475 e. The Balaban J connectivity index is 0.000000301. The summed E-state index contributed by atoms with van der Waals surface area (Å²) in [7, 11) is 0. The highest BCUT2D eigenvalue weighted by atomic mass is 32.1. The van der Waals surface area contributed by atoms with E-state index in [1.54, 1.807) is 17.5 Å². The van der Waals surface area contributed by atoms with E-state index in [-0.39, 0.29) is 5.41 Å². The van der Waals surface area contributed by atoms with E-state index < -0.39 is 24.3 Å². The van der Waals surface area contributed by atoms with Crippen LogP contribution in [0.15, 0.2) is 36.1 Å². The van der Waals surface area contributed by atoms with Gasteiger partial charge in [0.1, 0.15) is 5.01 Å². The van der Waals surface area contributed by atoms with E-state index >= 15 is 0 Å². The van der Waals surface area contributed by atoms with Gasteiger partial charge in [-0.25, -0.2) is 14.6 Å². The molecule has 0 aliphatic carbocycles. The Kier molecular flexibility index (Phi) is 10.6. The number of piperidine rings is 1. The Morgan fingerprint density at radius 2 is 1.63 bits per heavy atom. The van der Waals surface area contributed by atoms with Crippen molar-refractivity contribution >= 4 is 29.2 Å². The summed E-state index contributed by atoms with van der Waals surface area (Å²) < 4.78 is 63.5. The summed E-state index contributed by atoms with van der Waals surface area (Å²) in [6, 6.07) is 3.98. The van der Waals surface area contributed by atoms with Gasteiger partial charge in [0.15, 0.2) is 0 Å². The van der Waals surface area contributed by atoms with Crippen LogP contribution in [0.5, 0.6) is 0 Å². The molecule has 1 unspecified atom stereocenters. The lowest BCUT2D eigenvalue weighted by Crippen LogP contribution is -2.47. The molecule has 38 heavy (non-hydrogen) atoms. The van der Waals surface area contributed by atoms with Gasteiger partial charge in [0.25, 0.3) is 0 Å². The predicted molar refractivity (Wildman–Crippen MR) is 121 cm³/mol. The second-order valence-electron chi connectivity index (χ2n) is 8.46. The molecule has 0 aromatic carbocycles. The Bertz CT molecular complexity index is 1040. The summed E-state index contributed by atoms with van der Waals surface area (Å²) in [5, 5.41) is 17.4. The number of thiazole rings is 1. The molecule has 9 nitrogen and oxygen atoms in total.